The number of anilines is 1. The molecule has 0 saturated heterocycles. The second-order valence-electron chi connectivity index (χ2n) is 6.36. The maximum Gasteiger partial charge on any atom is 0.253 e. The van der Waals surface area contributed by atoms with Gasteiger partial charge in [-0.2, -0.15) is 0 Å². The lowest BCUT2D eigenvalue weighted by Gasteiger charge is -2.20. The number of rotatable bonds is 4. The van der Waals surface area contributed by atoms with Gasteiger partial charge in [-0.05, 0) is 47.9 Å². The monoisotopic (exact) mass is 351 g/mol. The number of carbonyl (C=O) groups excluding carboxylic acids is 3. The molecule has 6 nitrogen and oxygen atoms in total. The first kappa shape index (κ1) is 17.7. The van der Waals surface area contributed by atoms with E-state index in [2.05, 4.69) is 10.6 Å². The van der Waals surface area contributed by atoms with Crippen LogP contribution in [0.25, 0.3) is 0 Å². The molecule has 1 aliphatic rings. The molecule has 3 amide bonds. The lowest BCUT2D eigenvalue weighted by molar-refractivity contribution is -0.116. The molecule has 2 aromatic carbocycles. The molecule has 0 unspecified atom stereocenters. The van der Waals surface area contributed by atoms with Gasteiger partial charge in [-0.25, -0.2) is 0 Å². The molecule has 2 aromatic rings. The highest BCUT2D eigenvalue weighted by molar-refractivity contribution is 5.98. The number of aryl methyl sites for hydroxylation is 1. The summed E-state index contributed by atoms with van der Waals surface area (Å²) in [6.07, 6.45) is 1.09. The van der Waals surface area contributed by atoms with Crippen molar-refractivity contribution in [1.29, 1.82) is 0 Å². The summed E-state index contributed by atoms with van der Waals surface area (Å²) in [6.45, 7) is 0.445. The molecule has 1 aliphatic heterocycles. The lowest BCUT2D eigenvalue weighted by atomic mass is 10.00. The van der Waals surface area contributed by atoms with Crippen LogP contribution in [0, 0.1) is 0 Å². The third-order valence-corrected chi connectivity index (χ3v) is 4.46. The first-order valence-electron chi connectivity index (χ1n) is 8.47. The highest BCUT2D eigenvalue weighted by Gasteiger charge is 2.18. The molecule has 6 heteroatoms. The Kier molecular flexibility index (Phi) is 5.02. The van der Waals surface area contributed by atoms with Crippen LogP contribution < -0.4 is 10.6 Å². The summed E-state index contributed by atoms with van der Waals surface area (Å²) in [5, 5.41) is 5.40. The Morgan fingerprint density at radius 1 is 1.08 bits per heavy atom. The topological polar surface area (TPSA) is 78.5 Å². The van der Waals surface area contributed by atoms with Gasteiger partial charge in [-0.3, -0.25) is 14.4 Å². The number of hydrogen-bond donors (Lipinski definition) is 2. The Morgan fingerprint density at radius 2 is 1.77 bits per heavy atom. The Morgan fingerprint density at radius 3 is 2.46 bits per heavy atom. The van der Waals surface area contributed by atoms with Gasteiger partial charge in [0.2, 0.25) is 5.91 Å². The SMILES string of the molecule is CNC(=O)c1ccc(CN(C)C(=O)c2ccc3c(c2)CCC(=O)N3)cc1. The number of amides is 3. The summed E-state index contributed by atoms with van der Waals surface area (Å²) in [6, 6.07) is 12.5. The fraction of sp³-hybridized carbons (Fsp3) is 0.250. The van der Waals surface area contributed by atoms with Crippen LogP contribution in [0.15, 0.2) is 42.5 Å². The van der Waals surface area contributed by atoms with Crippen molar-refractivity contribution in [2.75, 3.05) is 19.4 Å². The predicted octanol–water partition coefficient (Wildman–Crippen LogP) is 2.20. The molecular weight excluding hydrogens is 330 g/mol. The maximum absolute atomic E-state index is 12.7. The van der Waals surface area contributed by atoms with Crippen LogP contribution in [0.3, 0.4) is 0 Å². The van der Waals surface area contributed by atoms with Crippen molar-refractivity contribution in [2.24, 2.45) is 0 Å². The molecule has 2 N–H and O–H groups in total. The van der Waals surface area contributed by atoms with Gasteiger partial charge in [0, 0.05) is 43.9 Å². The van der Waals surface area contributed by atoms with Crippen molar-refractivity contribution in [3.8, 4) is 0 Å². The second kappa shape index (κ2) is 7.39. The summed E-state index contributed by atoms with van der Waals surface area (Å²) >= 11 is 0. The van der Waals surface area contributed by atoms with Gasteiger partial charge in [-0.15, -0.1) is 0 Å². The molecule has 0 atom stereocenters. The summed E-state index contributed by atoms with van der Waals surface area (Å²) in [5.74, 6) is -0.212. The summed E-state index contributed by atoms with van der Waals surface area (Å²) in [7, 11) is 3.34. The molecule has 0 aromatic heterocycles. The van der Waals surface area contributed by atoms with Gasteiger partial charge >= 0.3 is 0 Å². The molecule has 0 aliphatic carbocycles. The van der Waals surface area contributed by atoms with Crippen LogP contribution in [0.1, 0.15) is 38.3 Å². The zero-order chi connectivity index (χ0) is 18.7. The first-order valence-corrected chi connectivity index (χ1v) is 8.47. The standard InChI is InChI=1S/C20H21N3O3/c1-21-19(25)14-5-3-13(4-6-14)12-23(2)20(26)16-7-9-17-15(11-16)8-10-18(24)22-17/h3-7,9,11H,8,10,12H2,1-2H3,(H,21,25)(H,22,24). The van der Waals surface area contributed by atoms with Crippen molar-refractivity contribution in [2.45, 2.75) is 19.4 Å². The van der Waals surface area contributed by atoms with Gasteiger partial charge in [0.25, 0.3) is 11.8 Å². The van der Waals surface area contributed by atoms with E-state index in [-0.39, 0.29) is 17.7 Å². The van der Waals surface area contributed by atoms with E-state index in [1.54, 1.807) is 43.3 Å². The zero-order valence-corrected chi connectivity index (χ0v) is 14.8. The van der Waals surface area contributed by atoms with E-state index in [1.807, 2.05) is 18.2 Å². The van der Waals surface area contributed by atoms with Crippen LogP contribution in [0.2, 0.25) is 0 Å². The van der Waals surface area contributed by atoms with Crippen LogP contribution in [-0.4, -0.2) is 36.7 Å². The lowest BCUT2D eigenvalue weighted by Crippen LogP contribution is -2.27. The van der Waals surface area contributed by atoms with E-state index in [0.29, 0.717) is 30.5 Å². The minimum Gasteiger partial charge on any atom is -0.355 e. The van der Waals surface area contributed by atoms with E-state index < -0.39 is 0 Å². The molecule has 3 rings (SSSR count). The zero-order valence-electron chi connectivity index (χ0n) is 14.8. The number of nitrogens with one attached hydrogen (secondary N) is 2. The number of fused-ring (bicyclic) bond motifs is 1. The Bertz CT molecular complexity index is 859. The van der Waals surface area contributed by atoms with Crippen LogP contribution in [-0.2, 0) is 17.8 Å². The van der Waals surface area contributed by atoms with E-state index in [0.717, 1.165) is 16.8 Å². The highest BCUT2D eigenvalue weighted by atomic mass is 16.2. The van der Waals surface area contributed by atoms with Crippen molar-refractivity contribution < 1.29 is 14.4 Å². The van der Waals surface area contributed by atoms with Crippen LogP contribution in [0.5, 0.6) is 0 Å². The number of hydrogen-bond acceptors (Lipinski definition) is 3. The normalized spacial score (nSPS) is 12.8. The van der Waals surface area contributed by atoms with Gasteiger partial charge in [0.1, 0.15) is 0 Å². The minimum atomic E-state index is -0.137. The Labute approximate surface area is 152 Å². The third-order valence-electron chi connectivity index (χ3n) is 4.46. The molecule has 26 heavy (non-hydrogen) atoms. The molecule has 0 spiro atoms. The summed E-state index contributed by atoms with van der Waals surface area (Å²) < 4.78 is 0. The quantitative estimate of drug-likeness (QED) is 0.886. The van der Waals surface area contributed by atoms with Crippen LogP contribution >= 0.6 is 0 Å². The summed E-state index contributed by atoms with van der Waals surface area (Å²) in [5.41, 5.74) is 3.90. The predicted molar refractivity (Wildman–Crippen MR) is 99.0 cm³/mol. The van der Waals surface area contributed by atoms with Crippen molar-refractivity contribution in [3.05, 3.63) is 64.7 Å². The molecule has 1 heterocycles. The number of benzene rings is 2. The van der Waals surface area contributed by atoms with Gasteiger partial charge < -0.3 is 15.5 Å². The van der Waals surface area contributed by atoms with Crippen molar-refractivity contribution in [3.63, 3.8) is 0 Å². The molecule has 134 valence electrons. The van der Waals surface area contributed by atoms with Gasteiger partial charge in [-0.1, -0.05) is 12.1 Å². The van der Waals surface area contributed by atoms with E-state index in [1.165, 1.54) is 0 Å². The molecule has 0 saturated carbocycles. The van der Waals surface area contributed by atoms with Gasteiger partial charge in [0.05, 0.1) is 0 Å². The summed E-state index contributed by atoms with van der Waals surface area (Å²) in [4.78, 5) is 37.3. The second-order valence-corrected chi connectivity index (χ2v) is 6.36. The van der Waals surface area contributed by atoms with Crippen molar-refractivity contribution in [1.82, 2.24) is 10.2 Å². The Balaban J connectivity index is 1.70. The van der Waals surface area contributed by atoms with Gasteiger partial charge in [0.15, 0.2) is 0 Å². The van der Waals surface area contributed by atoms with Crippen LogP contribution in [0.4, 0.5) is 5.69 Å². The number of carbonyl (C=O) groups is 3. The largest absolute Gasteiger partial charge is 0.355 e. The van der Waals surface area contributed by atoms with Crippen molar-refractivity contribution >= 4 is 23.4 Å². The van der Waals surface area contributed by atoms with E-state index >= 15 is 0 Å². The first-order chi connectivity index (χ1) is 12.5. The highest BCUT2D eigenvalue weighted by Crippen LogP contribution is 2.24. The average molecular weight is 351 g/mol. The molecule has 0 radical (unpaired) electrons. The fourth-order valence-electron chi connectivity index (χ4n) is 2.99. The third kappa shape index (κ3) is 3.74. The van der Waals surface area contributed by atoms with E-state index in [9.17, 15) is 14.4 Å². The molecular formula is C20H21N3O3. The maximum atomic E-state index is 12.7. The Hall–Kier alpha value is -3.15. The fourth-order valence-corrected chi connectivity index (χ4v) is 2.99. The average Bonchev–Trinajstić information content (AvgIpc) is 2.66. The minimum absolute atomic E-state index is 0.00824. The molecule has 0 bridgehead atoms. The smallest absolute Gasteiger partial charge is 0.253 e. The molecule has 0 fully saturated rings. The van der Waals surface area contributed by atoms with E-state index in [4.69, 9.17) is 0 Å². The number of nitrogens with zero attached hydrogens (tertiary/aromatic N) is 1.